The number of amides is 1. The molecule has 0 bridgehead atoms. The molecule has 31 heavy (non-hydrogen) atoms. The number of rotatable bonds is 6. The maximum atomic E-state index is 13.7. The third-order valence-corrected chi connectivity index (χ3v) is 5.07. The number of hydrogen-bond donors (Lipinski definition) is 3. The van der Waals surface area contributed by atoms with Crippen LogP contribution in [0.2, 0.25) is 0 Å². The SMILES string of the molecule is O=C(CSc1cccc(NC(=S)Nc2ccccc2)c1)Nc1c(F)c(F)cc(F)c1F. The summed E-state index contributed by atoms with van der Waals surface area (Å²) in [5.74, 6) is -7.59. The minimum Gasteiger partial charge on any atom is -0.332 e. The molecule has 3 rings (SSSR count). The van der Waals surface area contributed by atoms with Crippen LogP contribution in [0.3, 0.4) is 0 Å². The summed E-state index contributed by atoms with van der Waals surface area (Å²) in [7, 11) is 0. The van der Waals surface area contributed by atoms with E-state index in [0.717, 1.165) is 17.4 Å². The van der Waals surface area contributed by atoms with Crippen LogP contribution in [-0.2, 0) is 4.79 Å². The molecule has 0 aliphatic carbocycles. The number of thiocarbonyl (C=S) groups is 1. The molecule has 4 nitrogen and oxygen atoms in total. The van der Waals surface area contributed by atoms with Crippen molar-refractivity contribution in [1.82, 2.24) is 0 Å². The molecular weight excluding hydrogens is 450 g/mol. The van der Waals surface area contributed by atoms with Crippen molar-refractivity contribution in [2.45, 2.75) is 4.90 Å². The second-order valence-corrected chi connectivity index (χ2v) is 7.61. The number of hydrogen-bond acceptors (Lipinski definition) is 3. The van der Waals surface area contributed by atoms with Crippen LogP contribution in [-0.4, -0.2) is 16.8 Å². The Bertz CT molecular complexity index is 1090. The van der Waals surface area contributed by atoms with Gasteiger partial charge in [-0.05, 0) is 42.5 Å². The third-order valence-electron chi connectivity index (χ3n) is 3.87. The molecule has 3 aromatic carbocycles. The van der Waals surface area contributed by atoms with Crippen molar-refractivity contribution in [2.75, 3.05) is 21.7 Å². The van der Waals surface area contributed by atoms with Crippen molar-refractivity contribution in [3.63, 3.8) is 0 Å². The molecule has 0 aliphatic heterocycles. The molecule has 3 aromatic rings. The lowest BCUT2D eigenvalue weighted by atomic mass is 10.2. The van der Waals surface area contributed by atoms with Gasteiger partial charge in [-0.1, -0.05) is 24.3 Å². The average Bonchev–Trinajstić information content (AvgIpc) is 2.75. The molecule has 0 saturated carbocycles. The Labute approximate surface area is 185 Å². The number of carbonyl (C=O) groups excluding carboxylic acids is 1. The predicted molar refractivity (Wildman–Crippen MR) is 118 cm³/mol. The van der Waals surface area contributed by atoms with Gasteiger partial charge in [0.2, 0.25) is 5.91 Å². The van der Waals surface area contributed by atoms with Gasteiger partial charge in [-0.25, -0.2) is 17.6 Å². The topological polar surface area (TPSA) is 53.2 Å². The van der Waals surface area contributed by atoms with Crippen LogP contribution < -0.4 is 16.0 Å². The summed E-state index contributed by atoms with van der Waals surface area (Å²) in [5.41, 5.74) is 0.314. The first-order valence-electron chi connectivity index (χ1n) is 8.82. The molecule has 0 spiro atoms. The summed E-state index contributed by atoms with van der Waals surface area (Å²) < 4.78 is 53.8. The van der Waals surface area contributed by atoms with E-state index in [1.807, 2.05) is 35.6 Å². The van der Waals surface area contributed by atoms with Crippen LogP contribution in [0.25, 0.3) is 0 Å². The molecule has 3 N–H and O–H groups in total. The first-order chi connectivity index (χ1) is 14.8. The van der Waals surface area contributed by atoms with Gasteiger partial charge < -0.3 is 16.0 Å². The molecule has 160 valence electrons. The number of nitrogens with one attached hydrogen (secondary N) is 3. The van der Waals surface area contributed by atoms with Crippen molar-refractivity contribution in [3.8, 4) is 0 Å². The van der Waals surface area contributed by atoms with Crippen molar-refractivity contribution < 1.29 is 22.4 Å². The summed E-state index contributed by atoms with van der Waals surface area (Å²) in [6.45, 7) is 0. The molecule has 0 atom stereocenters. The molecule has 1 amide bonds. The number of anilines is 3. The summed E-state index contributed by atoms with van der Waals surface area (Å²) in [5, 5.41) is 8.27. The van der Waals surface area contributed by atoms with E-state index in [1.54, 1.807) is 24.3 Å². The van der Waals surface area contributed by atoms with Crippen LogP contribution in [0, 0.1) is 23.3 Å². The van der Waals surface area contributed by atoms with E-state index >= 15 is 0 Å². The lowest BCUT2D eigenvalue weighted by Gasteiger charge is -2.12. The Kier molecular flexibility index (Phi) is 7.48. The second kappa shape index (κ2) is 10.3. The van der Waals surface area contributed by atoms with E-state index in [0.29, 0.717) is 15.7 Å². The van der Waals surface area contributed by atoms with Crippen molar-refractivity contribution in [3.05, 3.63) is 83.9 Å². The Hall–Kier alpha value is -3.11. The molecular formula is C21H15F4N3OS2. The van der Waals surface area contributed by atoms with Crippen LogP contribution in [0.5, 0.6) is 0 Å². The summed E-state index contributed by atoms with van der Waals surface area (Å²) in [6.07, 6.45) is 0. The summed E-state index contributed by atoms with van der Waals surface area (Å²) in [6, 6.07) is 16.3. The zero-order valence-corrected chi connectivity index (χ0v) is 17.4. The quantitative estimate of drug-likeness (QED) is 0.186. The summed E-state index contributed by atoms with van der Waals surface area (Å²) in [4.78, 5) is 12.7. The van der Waals surface area contributed by atoms with E-state index in [2.05, 4.69) is 10.6 Å². The first kappa shape index (κ1) is 22.6. The molecule has 0 heterocycles. The number of benzene rings is 3. The van der Waals surface area contributed by atoms with Crippen molar-refractivity contribution in [1.29, 1.82) is 0 Å². The van der Waals surface area contributed by atoms with Gasteiger partial charge in [-0.3, -0.25) is 4.79 Å². The molecule has 10 heteroatoms. The van der Waals surface area contributed by atoms with E-state index in [4.69, 9.17) is 12.2 Å². The fraction of sp³-hybridized carbons (Fsp3) is 0.0476. The van der Waals surface area contributed by atoms with Gasteiger partial charge in [0.15, 0.2) is 28.4 Å². The lowest BCUT2D eigenvalue weighted by Crippen LogP contribution is -2.19. The minimum absolute atomic E-state index is 0.0741. The van der Waals surface area contributed by atoms with Gasteiger partial charge in [-0.2, -0.15) is 0 Å². The fourth-order valence-corrected chi connectivity index (χ4v) is 3.48. The maximum Gasteiger partial charge on any atom is 0.234 e. The monoisotopic (exact) mass is 465 g/mol. The number of halogens is 4. The average molecular weight is 465 g/mol. The fourth-order valence-electron chi connectivity index (χ4n) is 2.49. The van der Waals surface area contributed by atoms with Crippen LogP contribution in [0.15, 0.2) is 65.6 Å². The number of thioether (sulfide) groups is 1. The standard InChI is InChI=1S/C21H15F4N3OS2/c22-15-10-16(23)19(25)20(18(15)24)28-17(29)11-31-14-8-4-7-13(9-14)27-21(30)26-12-5-2-1-3-6-12/h1-10H,11H2,(H,28,29)(H2,26,27,30). The molecule has 0 unspecified atom stereocenters. The van der Waals surface area contributed by atoms with E-state index in [9.17, 15) is 22.4 Å². The summed E-state index contributed by atoms with van der Waals surface area (Å²) >= 11 is 6.33. The molecule has 0 fully saturated rings. The normalized spacial score (nSPS) is 10.5. The van der Waals surface area contributed by atoms with E-state index in [-0.39, 0.29) is 11.8 Å². The predicted octanol–water partition coefficient (Wildman–Crippen LogP) is 5.78. The molecule has 0 radical (unpaired) electrons. The Morgan fingerprint density at radius 1 is 0.806 bits per heavy atom. The highest BCUT2D eigenvalue weighted by Gasteiger charge is 2.20. The van der Waals surface area contributed by atoms with E-state index in [1.165, 1.54) is 0 Å². The highest BCUT2D eigenvalue weighted by molar-refractivity contribution is 8.00. The first-order valence-corrected chi connectivity index (χ1v) is 10.2. The second-order valence-electron chi connectivity index (χ2n) is 6.15. The van der Waals surface area contributed by atoms with Gasteiger partial charge in [0.1, 0.15) is 5.69 Å². The van der Waals surface area contributed by atoms with Gasteiger partial charge in [0.05, 0.1) is 5.75 Å². The lowest BCUT2D eigenvalue weighted by molar-refractivity contribution is -0.113. The van der Waals surface area contributed by atoms with Gasteiger partial charge in [0.25, 0.3) is 0 Å². The zero-order valence-electron chi connectivity index (χ0n) is 15.7. The Morgan fingerprint density at radius 3 is 2.10 bits per heavy atom. The van der Waals surface area contributed by atoms with Crippen molar-refractivity contribution in [2.24, 2.45) is 0 Å². The van der Waals surface area contributed by atoms with Crippen LogP contribution in [0.4, 0.5) is 34.6 Å². The smallest absolute Gasteiger partial charge is 0.234 e. The number of carbonyl (C=O) groups is 1. The van der Waals surface area contributed by atoms with Crippen LogP contribution >= 0.6 is 24.0 Å². The van der Waals surface area contributed by atoms with Gasteiger partial charge in [-0.15, -0.1) is 11.8 Å². The van der Waals surface area contributed by atoms with Gasteiger partial charge in [0, 0.05) is 22.3 Å². The van der Waals surface area contributed by atoms with E-state index < -0.39 is 34.9 Å². The van der Waals surface area contributed by atoms with Crippen molar-refractivity contribution >= 4 is 52.1 Å². The van der Waals surface area contributed by atoms with Gasteiger partial charge >= 0.3 is 0 Å². The van der Waals surface area contributed by atoms with Crippen LogP contribution in [0.1, 0.15) is 0 Å². The Balaban J connectivity index is 1.58. The molecule has 0 saturated heterocycles. The maximum absolute atomic E-state index is 13.7. The highest BCUT2D eigenvalue weighted by atomic mass is 32.2. The molecule has 0 aromatic heterocycles. The largest absolute Gasteiger partial charge is 0.332 e. The zero-order chi connectivity index (χ0) is 22.4. The molecule has 0 aliphatic rings. The minimum atomic E-state index is -1.66. The number of para-hydroxylation sites is 1. The third kappa shape index (κ3) is 6.19. The highest BCUT2D eigenvalue weighted by Crippen LogP contribution is 2.26. The Morgan fingerprint density at radius 2 is 1.42 bits per heavy atom.